The highest BCUT2D eigenvalue weighted by Crippen LogP contribution is 2.29. The molecular formula is C27H30N2O5S. The lowest BCUT2D eigenvalue weighted by Gasteiger charge is -2.30. The van der Waals surface area contributed by atoms with E-state index < -0.39 is 27.3 Å². The molecule has 184 valence electrons. The van der Waals surface area contributed by atoms with Crippen LogP contribution in [0, 0.1) is 28.6 Å². The molecule has 1 atom stereocenters. The van der Waals surface area contributed by atoms with E-state index in [2.05, 4.69) is 22.8 Å². The largest absolute Gasteiger partial charge is 0.478 e. The first-order valence-corrected chi connectivity index (χ1v) is 13.3. The van der Waals surface area contributed by atoms with Gasteiger partial charge in [0.1, 0.15) is 5.75 Å². The number of rotatable bonds is 5. The molecule has 0 radical (unpaired) electrons. The second-order valence-electron chi connectivity index (χ2n) is 9.77. The molecule has 3 rings (SSSR count). The third-order valence-corrected chi connectivity index (χ3v) is 6.90. The van der Waals surface area contributed by atoms with E-state index in [1.54, 1.807) is 57.2 Å². The number of anilines is 1. The van der Waals surface area contributed by atoms with E-state index in [9.17, 15) is 23.6 Å². The summed E-state index contributed by atoms with van der Waals surface area (Å²) in [6.45, 7) is 7.02. The molecule has 0 aliphatic carbocycles. The Morgan fingerprint density at radius 1 is 1.06 bits per heavy atom. The van der Waals surface area contributed by atoms with Crippen molar-refractivity contribution in [3.63, 3.8) is 0 Å². The van der Waals surface area contributed by atoms with Gasteiger partial charge in [0.25, 0.3) is 0 Å². The van der Waals surface area contributed by atoms with Crippen molar-refractivity contribution in [3.05, 3.63) is 53.1 Å². The van der Waals surface area contributed by atoms with Crippen LogP contribution in [0.1, 0.15) is 56.7 Å². The lowest BCUT2D eigenvalue weighted by Crippen LogP contribution is -2.39. The highest BCUT2D eigenvalue weighted by atomic mass is 32.2. The molecule has 1 heterocycles. The number of benzene rings is 2. The van der Waals surface area contributed by atoms with E-state index in [1.807, 2.05) is 0 Å². The Bertz CT molecular complexity index is 1320. The maximum Gasteiger partial charge on any atom is 0.345 e. The fraction of sp³-hybridized carbons (Fsp3) is 0.407. The predicted molar refractivity (Wildman–Crippen MR) is 134 cm³/mol. The van der Waals surface area contributed by atoms with Gasteiger partial charge in [0.15, 0.2) is 15.9 Å². The van der Waals surface area contributed by atoms with Crippen LogP contribution in [0.5, 0.6) is 5.75 Å². The Kier molecular flexibility index (Phi) is 7.77. The fourth-order valence-electron chi connectivity index (χ4n) is 3.92. The van der Waals surface area contributed by atoms with Crippen molar-refractivity contribution in [3.8, 4) is 23.7 Å². The summed E-state index contributed by atoms with van der Waals surface area (Å²) in [4.78, 5) is 14.2. The Hall–Kier alpha value is -3.49. The summed E-state index contributed by atoms with van der Waals surface area (Å²) in [5, 5.41) is 19.1. The molecule has 2 aromatic rings. The highest BCUT2D eigenvalue weighted by molar-refractivity contribution is 7.90. The molecule has 7 nitrogen and oxygen atoms in total. The molecule has 0 aromatic heterocycles. The van der Waals surface area contributed by atoms with Crippen molar-refractivity contribution in [2.75, 3.05) is 24.2 Å². The number of sulfone groups is 1. The number of ether oxygens (including phenoxy) is 1. The molecular weight excluding hydrogens is 464 g/mol. The van der Waals surface area contributed by atoms with Gasteiger partial charge in [-0.05, 0) is 55.7 Å². The zero-order valence-corrected chi connectivity index (χ0v) is 21.3. The Labute approximate surface area is 207 Å². The molecule has 1 N–H and O–H groups in total. The van der Waals surface area contributed by atoms with Crippen molar-refractivity contribution in [2.45, 2.75) is 51.0 Å². The number of piperidine rings is 1. The second kappa shape index (κ2) is 10.4. The van der Waals surface area contributed by atoms with Gasteiger partial charge in [0.05, 0.1) is 27.8 Å². The molecule has 0 bridgehead atoms. The quantitative estimate of drug-likeness (QED) is 0.620. The van der Waals surface area contributed by atoms with Crippen LogP contribution in [0.15, 0.2) is 41.3 Å². The van der Waals surface area contributed by atoms with E-state index in [-0.39, 0.29) is 10.6 Å². The van der Waals surface area contributed by atoms with E-state index in [0.29, 0.717) is 16.7 Å². The van der Waals surface area contributed by atoms with E-state index >= 15 is 0 Å². The number of hydrogen-bond acceptors (Lipinski definition) is 6. The van der Waals surface area contributed by atoms with Gasteiger partial charge >= 0.3 is 5.97 Å². The molecule has 0 amide bonds. The summed E-state index contributed by atoms with van der Waals surface area (Å²) in [5.41, 5.74) is 1.42. The minimum Gasteiger partial charge on any atom is -0.478 e. The summed E-state index contributed by atoms with van der Waals surface area (Å²) in [6.07, 6.45) is 3.27. The summed E-state index contributed by atoms with van der Waals surface area (Å²) in [6, 6.07) is 11.6. The number of aliphatic carboxylic acids is 1. The maximum absolute atomic E-state index is 12.2. The van der Waals surface area contributed by atoms with Crippen LogP contribution in [0.2, 0.25) is 0 Å². The van der Waals surface area contributed by atoms with E-state index in [1.165, 1.54) is 0 Å². The van der Waals surface area contributed by atoms with Gasteiger partial charge in [0, 0.05) is 30.3 Å². The topological polar surface area (TPSA) is 108 Å². The lowest BCUT2D eigenvalue weighted by atomic mass is 9.89. The van der Waals surface area contributed by atoms with Crippen LogP contribution in [-0.4, -0.2) is 44.9 Å². The second-order valence-corrected chi connectivity index (χ2v) is 11.8. The number of carboxylic acids is 1. The van der Waals surface area contributed by atoms with Crippen molar-refractivity contribution < 1.29 is 23.1 Å². The zero-order valence-electron chi connectivity index (χ0n) is 20.5. The molecule has 1 aliphatic heterocycles. The van der Waals surface area contributed by atoms with Crippen molar-refractivity contribution in [1.82, 2.24) is 0 Å². The Balaban J connectivity index is 2.12. The molecule has 1 saturated heterocycles. The molecule has 0 saturated carbocycles. The minimum absolute atomic E-state index is 0.170. The van der Waals surface area contributed by atoms with Gasteiger partial charge in [-0.25, -0.2) is 13.2 Å². The number of nitriles is 1. The average Bonchev–Trinajstić information content (AvgIpc) is 2.80. The van der Waals surface area contributed by atoms with Gasteiger partial charge in [-0.3, -0.25) is 0 Å². The Morgan fingerprint density at radius 3 is 2.29 bits per heavy atom. The van der Waals surface area contributed by atoms with Gasteiger partial charge in [-0.15, -0.1) is 0 Å². The molecule has 1 aliphatic rings. The molecule has 1 unspecified atom stereocenters. The van der Waals surface area contributed by atoms with E-state index in [0.717, 1.165) is 44.3 Å². The molecule has 35 heavy (non-hydrogen) atoms. The monoisotopic (exact) mass is 494 g/mol. The third-order valence-electron chi connectivity index (χ3n) is 5.79. The maximum atomic E-state index is 12.2. The lowest BCUT2D eigenvalue weighted by molar-refractivity contribution is -0.150. The number of carboxylic acid groups (broad SMARTS) is 1. The first kappa shape index (κ1) is 26.1. The van der Waals surface area contributed by atoms with Crippen molar-refractivity contribution in [2.24, 2.45) is 5.41 Å². The van der Waals surface area contributed by atoms with Gasteiger partial charge < -0.3 is 14.7 Å². The summed E-state index contributed by atoms with van der Waals surface area (Å²) < 4.78 is 30.2. The third kappa shape index (κ3) is 6.55. The van der Waals surface area contributed by atoms with Crippen LogP contribution in [0.25, 0.3) is 0 Å². The summed E-state index contributed by atoms with van der Waals surface area (Å²) in [5.74, 6) is 5.24. The summed E-state index contributed by atoms with van der Waals surface area (Å²) >= 11 is 0. The zero-order chi connectivity index (χ0) is 25.8. The van der Waals surface area contributed by atoms with Gasteiger partial charge in [-0.2, -0.15) is 5.26 Å². The van der Waals surface area contributed by atoms with Crippen LogP contribution < -0.4 is 9.64 Å². The predicted octanol–water partition coefficient (Wildman–Crippen LogP) is 4.23. The first-order chi connectivity index (χ1) is 16.4. The van der Waals surface area contributed by atoms with Crippen LogP contribution in [0.3, 0.4) is 0 Å². The number of carbonyl (C=O) groups is 1. The SMILES string of the molecule is CC(C)(C)C(Oc1ccc(C#N)cc1C#Cc1cc(S(C)(=O)=O)ccc1N1CCCCC1)C(=O)O. The van der Waals surface area contributed by atoms with Crippen LogP contribution >= 0.6 is 0 Å². The van der Waals surface area contributed by atoms with Crippen LogP contribution in [0.4, 0.5) is 5.69 Å². The molecule has 1 fully saturated rings. The fourth-order valence-corrected chi connectivity index (χ4v) is 4.56. The molecule has 0 spiro atoms. The van der Waals surface area contributed by atoms with E-state index in [4.69, 9.17) is 4.74 Å². The van der Waals surface area contributed by atoms with Gasteiger partial charge in [0.2, 0.25) is 0 Å². The average molecular weight is 495 g/mol. The highest BCUT2D eigenvalue weighted by Gasteiger charge is 2.34. The minimum atomic E-state index is -3.44. The van der Waals surface area contributed by atoms with Gasteiger partial charge in [-0.1, -0.05) is 32.6 Å². The smallest absolute Gasteiger partial charge is 0.345 e. The van der Waals surface area contributed by atoms with Crippen molar-refractivity contribution >= 4 is 21.5 Å². The summed E-state index contributed by atoms with van der Waals surface area (Å²) in [7, 11) is -3.44. The standard InChI is InChI=1S/C27H30N2O5S/c1-27(2,3)25(26(30)31)34-24-13-8-19(18-28)16-21(24)10-9-20-17-22(35(4,32)33)11-12-23(20)29-14-6-5-7-15-29/h8,11-13,16-17,25H,5-7,14-15H2,1-4H3,(H,30,31). The van der Waals surface area contributed by atoms with Crippen molar-refractivity contribution in [1.29, 1.82) is 5.26 Å². The molecule has 2 aromatic carbocycles. The molecule has 8 heteroatoms. The Morgan fingerprint density at radius 2 is 1.71 bits per heavy atom. The number of hydrogen-bond donors (Lipinski definition) is 1. The van der Waals surface area contributed by atoms with Crippen LogP contribution in [-0.2, 0) is 14.6 Å². The number of nitrogens with zero attached hydrogens (tertiary/aromatic N) is 2. The normalized spacial score (nSPS) is 14.9. The first-order valence-electron chi connectivity index (χ1n) is 11.4.